The van der Waals surface area contributed by atoms with Gasteiger partial charge in [0, 0.05) is 6.04 Å². The van der Waals surface area contributed by atoms with Gasteiger partial charge < -0.3 is 5.32 Å². The molecule has 1 nitrogen and oxygen atoms in total. The highest BCUT2D eigenvalue weighted by Gasteiger charge is 2.20. The van der Waals surface area contributed by atoms with E-state index in [0.717, 1.165) is 12.0 Å². The average molecular weight is 239 g/mol. The number of unbranched alkanes of at least 4 members (excludes halogenated alkanes) is 1. The Morgan fingerprint density at radius 1 is 0.941 bits per heavy atom. The van der Waals surface area contributed by atoms with E-state index in [4.69, 9.17) is 0 Å². The van der Waals surface area contributed by atoms with Crippen LogP contribution < -0.4 is 5.32 Å². The number of hydrogen-bond donors (Lipinski definition) is 1. The molecule has 1 rings (SSSR count). The van der Waals surface area contributed by atoms with Crippen LogP contribution in [0.15, 0.2) is 0 Å². The second-order valence-corrected chi connectivity index (χ2v) is 5.81. The summed E-state index contributed by atoms with van der Waals surface area (Å²) in [6, 6.07) is 0.813. The molecule has 1 heteroatoms. The summed E-state index contributed by atoms with van der Waals surface area (Å²) in [5.41, 5.74) is 0. The van der Waals surface area contributed by atoms with E-state index in [-0.39, 0.29) is 0 Å². The highest BCUT2D eigenvalue weighted by Crippen LogP contribution is 2.27. The Bertz CT molecular complexity index is 151. The molecule has 102 valence electrons. The first-order valence-corrected chi connectivity index (χ1v) is 8.11. The predicted molar refractivity (Wildman–Crippen MR) is 77.4 cm³/mol. The van der Waals surface area contributed by atoms with Crippen molar-refractivity contribution in [2.75, 3.05) is 6.54 Å². The van der Waals surface area contributed by atoms with Crippen molar-refractivity contribution in [1.82, 2.24) is 5.32 Å². The summed E-state index contributed by atoms with van der Waals surface area (Å²) < 4.78 is 0. The summed E-state index contributed by atoms with van der Waals surface area (Å²) in [6.07, 6.45) is 15.8. The number of hydrogen-bond acceptors (Lipinski definition) is 1. The van der Waals surface area contributed by atoms with Crippen LogP contribution in [0.25, 0.3) is 0 Å². The van der Waals surface area contributed by atoms with Crippen molar-refractivity contribution in [3.05, 3.63) is 0 Å². The van der Waals surface area contributed by atoms with E-state index in [1.54, 1.807) is 0 Å². The van der Waals surface area contributed by atoms with Crippen LogP contribution in [0.3, 0.4) is 0 Å². The molecule has 1 aliphatic carbocycles. The molecule has 1 saturated carbocycles. The van der Waals surface area contributed by atoms with Crippen molar-refractivity contribution in [2.24, 2.45) is 5.92 Å². The van der Waals surface area contributed by atoms with Crippen LogP contribution in [-0.2, 0) is 0 Å². The van der Waals surface area contributed by atoms with Crippen LogP contribution in [-0.4, -0.2) is 12.6 Å². The Labute approximate surface area is 109 Å². The maximum Gasteiger partial charge on any atom is 0.00953 e. The van der Waals surface area contributed by atoms with Gasteiger partial charge in [0.1, 0.15) is 0 Å². The van der Waals surface area contributed by atoms with Gasteiger partial charge in [-0.1, -0.05) is 58.8 Å². The number of nitrogens with one attached hydrogen (secondary N) is 1. The quantitative estimate of drug-likeness (QED) is 0.666. The second kappa shape index (κ2) is 9.94. The molecule has 0 heterocycles. The molecular formula is C16H33N. The molecule has 0 saturated heterocycles. The van der Waals surface area contributed by atoms with Gasteiger partial charge in [-0.25, -0.2) is 0 Å². The van der Waals surface area contributed by atoms with E-state index in [0.29, 0.717) is 0 Å². The lowest BCUT2D eigenvalue weighted by molar-refractivity contribution is 0.270. The zero-order valence-electron chi connectivity index (χ0n) is 12.1. The molecule has 0 aliphatic heterocycles. The molecule has 0 radical (unpaired) electrons. The topological polar surface area (TPSA) is 12.0 Å². The summed E-state index contributed by atoms with van der Waals surface area (Å²) in [5.74, 6) is 0.966. The summed E-state index contributed by atoms with van der Waals surface area (Å²) in [6.45, 7) is 5.81. The van der Waals surface area contributed by atoms with Crippen molar-refractivity contribution >= 4 is 0 Å². The minimum atomic E-state index is 0.813. The lowest BCUT2D eigenvalue weighted by Gasteiger charge is -2.29. The highest BCUT2D eigenvalue weighted by atomic mass is 14.9. The van der Waals surface area contributed by atoms with Gasteiger partial charge in [-0.15, -0.1) is 0 Å². The van der Waals surface area contributed by atoms with Gasteiger partial charge in [-0.2, -0.15) is 0 Å². The summed E-state index contributed by atoms with van der Waals surface area (Å²) >= 11 is 0. The number of rotatable bonds is 7. The Hall–Kier alpha value is -0.0400. The third kappa shape index (κ3) is 6.45. The summed E-state index contributed by atoms with van der Waals surface area (Å²) in [5, 5.41) is 3.82. The summed E-state index contributed by atoms with van der Waals surface area (Å²) in [4.78, 5) is 0. The third-order valence-electron chi connectivity index (χ3n) is 4.24. The van der Waals surface area contributed by atoms with Crippen LogP contribution in [0.1, 0.15) is 84.5 Å². The van der Waals surface area contributed by atoms with Gasteiger partial charge in [-0.05, 0) is 38.1 Å². The lowest BCUT2D eigenvalue weighted by Crippen LogP contribution is -2.37. The van der Waals surface area contributed by atoms with E-state index in [9.17, 15) is 0 Å². The predicted octanol–water partition coefficient (Wildman–Crippen LogP) is 4.91. The van der Waals surface area contributed by atoms with E-state index < -0.39 is 0 Å². The van der Waals surface area contributed by atoms with Crippen molar-refractivity contribution in [1.29, 1.82) is 0 Å². The first-order chi connectivity index (χ1) is 8.38. The fourth-order valence-electron chi connectivity index (χ4n) is 3.15. The second-order valence-electron chi connectivity index (χ2n) is 5.81. The van der Waals surface area contributed by atoms with Gasteiger partial charge in [0.25, 0.3) is 0 Å². The molecule has 0 bridgehead atoms. The average Bonchev–Trinajstić information content (AvgIpc) is 2.30. The van der Waals surface area contributed by atoms with E-state index in [1.165, 1.54) is 77.2 Å². The van der Waals surface area contributed by atoms with Crippen molar-refractivity contribution in [3.8, 4) is 0 Å². The molecule has 0 aromatic carbocycles. The molecule has 0 aromatic heterocycles. The van der Waals surface area contributed by atoms with E-state index in [2.05, 4.69) is 19.2 Å². The monoisotopic (exact) mass is 239 g/mol. The van der Waals surface area contributed by atoms with Crippen LogP contribution >= 0.6 is 0 Å². The zero-order chi connectivity index (χ0) is 12.3. The molecule has 1 aliphatic rings. The molecule has 17 heavy (non-hydrogen) atoms. The Morgan fingerprint density at radius 2 is 1.59 bits per heavy atom. The minimum absolute atomic E-state index is 0.813. The third-order valence-corrected chi connectivity index (χ3v) is 4.24. The van der Waals surface area contributed by atoms with Gasteiger partial charge in [-0.3, -0.25) is 0 Å². The normalized spacial score (nSPS) is 20.8. The van der Waals surface area contributed by atoms with Crippen LogP contribution in [0.4, 0.5) is 0 Å². The fourth-order valence-corrected chi connectivity index (χ4v) is 3.15. The molecule has 0 spiro atoms. The van der Waals surface area contributed by atoms with Gasteiger partial charge in [0.2, 0.25) is 0 Å². The fraction of sp³-hybridized carbons (Fsp3) is 1.00. The standard InChI is InChI=1S/C16H33N/c1-3-5-13-16(17-14-4-2)15-11-9-7-6-8-10-12-15/h15-17H,3-14H2,1-2H3. The molecule has 0 aromatic rings. The van der Waals surface area contributed by atoms with Crippen LogP contribution in [0.2, 0.25) is 0 Å². The first-order valence-electron chi connectivity index (χ1n) is 8.11. The van der Waals surface area contributed by atoms with Gasteiger partial charge in [0.05, 0.1) is 0 Å². The lowest BCUT2D eigenvalue weighted by atomic mass is 9.84. The van der Waals surface area contributed by atoms with E-state index >= 15 is 0 Å². The van der Waals surface area contributed by atoms with Crippen LogP contribution in [0, 0.1) is 5.92 Å². The largest absolute Gasteiger partial charge is 0.314 e. The highest BCUT2D eigenvalue weighted by molar-refractivity contribution is 4.77. The van der Waals surface area contributed by atoms with Crippen molar-refractivity contribution in [3.63, 3.8) is 0 Å². The maximum absolute atomic E-state index is 3.82. The molecular weight excluding hydrogens is 206 g/mol. The van der Waals surface area contributed by atoms with Crippen LogP contribution in [0.5, 0.6) is 0 Å². The Balaban J connectivity index is 2.39. The molecule has 0 amide bonds. The van der Waals surface area contributed by atoms with Gasteiger partial charge >= 0.3 is 0 Å². The van der Waals surface area contributed by atoms with E-state index in [1.807, 2.05) is 0 Å². The molecule has 1 N–H and O–H groups in total. The van der Waals surface area contributed by atoms with Crippen molar-refractivity contribution in [2.45, 2.75) is 90.5 Å². The molecule has 1 fully saturated rings. The van der Waals surface area contributed by atoms with Gasteiger partial charge in [0.15, 0.2) is 0 Å². The molecule has 1 unspecified atom stereocenters. The zero-order valence-corrected chi connectivity index (χ0v) is 12.1. The summed E-state index contributed by atoms with van der Waals surface area (Å²) in [7, 11) is 0. The molecule has 1 atom stereocenters. The van der Waals surface area contributed by atoms with Crippen molar-refractivity contribution < 1.29 is 0 Å². The SMILES string of the molecule is CCCCC(NCCC)C1CCCCCCC1. The Kier molecular flexibility index (Phi) is 8.78. The minimum Gasteiger partial charge on any atom is -0.314 e. The maximum atomic E-state index is 3.82. The smallest absolute Gasteiger partial charge is 0.00953 e. The Morgan fingerprint density at radius 3 is 2.18 bits per heavy atom. The first kappa shape index (κ1) is 15.0.